The molecule has 1 rings (SSSR count). The molecular weight excluding hydrogens is 182 g/mol. The molecule has 0 radical (unpaired) electrons. The number of nitrogens with one attached hydrogen (secondary N) is 1. The van der Waals surface area contributed by atoms with Crippen LogP contribution in [0.1, 0.15) is 10.5 Å². The van der Waals surface area contributed by atoms with Crippen LogP contribution in [0.25, 0.3) is 0 Å². The third kappa shape index (κ3) is 1.23. The molecule has 0 amide bonds. The summed E-state index contributed by atoms with van der Waals surface area (Å²) < 4.78 is 1.22. The van der Waals surface area contributed by atoms with Crippen LogP contribution in [0.3, 0.4) is 0 Å². The molecule has 66 valence electrons. The second-order valence-corrected chi connectivity index (χ2v) is 2.57. The lowest BCUT2D eigenvalue weighted by atomic mass is 10.4. The lowest BCUT2D eigenvalue weighted by Crippen LogP contribution is -2.05. The number of aryl methyl sites for hydroxylation is 1. The minimum atomic E-state index is -1.09. The zero-order valence-electron chi connectivity index (χ0n) is 6.63. The van der Waals surface area contributed by atoms with Gasteiger partial charge in [-0.25, -0.2) is 4.79 Å². The molecule has 1 heterocycles. The molecule has 0 saturated carbocycles. The standard InChI is InChI=1S/C6H8ClN3O2/c1-8-5-3(7)4(6(11)12)10(2)9-5/h1-2H3,(H,8,9)(H,11,12). The van der Waals surface area contributed by atoms with Crippen LogP contribution in [0.5, 0.6) is 0 Å². The van der Waals surface area contributed by atoms with Gasteiger partial charge in [-0.1, -0.05) is 11.6 Å². The first kappa shape index (κ1) is 8.86. The Morgan fingerprint density at radius 2 is 2.33 bits per heavy atom. The number of nitrogens with zero attached hydrogens (tertiary/aromatic N) is 2. The highest BCUT2D eigenvalue weighted by Crippen LogP contribution is 2.23. The Bertz CT molecular complexity index is 321. The molecule has 0 spiro atoms. The van der Waals surface area contributed by atoms with Crippen molar-refractivity contribution in [3.05, 3.63) is 10.7 Å². The van der Waals surface area contributed by atoms with Crippen molar-refractivity contribution in [3.63, 3.8) is 0 Å². The molecule has 1 aromatic rings. The van der Waals surface area contributed by atoms with Gasteiger partial charge in [-0.05, 0) is 0 Å². The van der Waals surface area contributed by atoms with E-state index in [9.17, 15) is 4.79 Å². The van der Waals surface area contributed by atoms with Crippen LogP contribution in [0, 0.1) is 0 Å². The lowest BCUT2D eigenvalue weighted by Gasteiger charge is -1.92. The van der Waals surface area contributed by atoms with Crippen molar-refractivity contribution in [1.29, 1.82) is 0 Å². The Labute approximate surface area is 73.9 Å². The summed E-state index contributed by atoms with van der Waals surface area (Å²) in [6, 6.07) is 0. The predicted octanol–water partition coefficient (Wildman–Crippen LogP) is 0.813. The quantitative estimate of drug-likeness (QED) is 0.723. The number of halogens is 1. The molecule has 6 heteroatoms. The van der Waals surface area contributed by atoms with Gasteiger partial charge < -0.3 is 10.4 Å². The molecule has 2 N–H and O–H groups in total. The molecule has 0 fully saturated rings. The summed E-state index contributed by atoms with van der Waals surface area (Å²) in [7, 11) is 3.15. The third-order valence-electron chi connectivity index (χ3n) is 1.43. The number of carboxylic acid groups (broad SMARTS) is 1. The summed E-state index contributed by atoms with van der Waals surface area (Å²) >= 11 is 5.70. The average molecular weight is 190 g/mol. The molecule has 5 nitrogen and oxygen atoms in total. The van der Waals surface area contributed by atoms with E-state index >= 15 is 0 Å². The summed E-state index contributed by atoms with van der Waals surface area (Å²) in [6.45, 7) is 0. The van der Waals surface area contributed by atoms with E-state index in [1.165, 1.54) is 11.7 Å². The van der Waals surface area contributed by atoms with Crippen molar-refractivity contribution in [1.82, 2.24) is 9.78 Å². The van der Waals surface area contributed by atoms with E-state index in [-0.39, 0.29) is 10.7 Å². The Morgan fingerprint density at radius 3 is 2.58 bits per heavy atom. The minimum Gasteiger partial charge on any atom is -0.476 e. The number of carboxylic acids is 1. The van der Waals surface area contributed by atoms with Crippen LogP contribution in [0.15, 0.2) is 0 Å². The summed E-state index contributed by atoms with van der Waals surface area (Å²) in [6.07, 6.45) is 0. The topological polar surface area (TPSA) is 67.2 Å². The van der Waals surface area contributed by atoms with Gasteiger partial charge in [-0.2, -0.15) is 5.10 Å². The fourth-order valence-electron chi connectivity index (χ4n) is 0.890. The second kappa shape index (κ2) is 3.02. The molecule has 0 unspecified atom stereocenters. The summed E-state index contributed by atoms with van der Waals surface area (Å²) in [5.74, 6) is -0.715. The third-order valence-corrected chi connectivity index (χ3v) is 1.79. The monoisotopic (exact) mass is 189 g/mol. The van der Waals surface area contributed by atoms with E-state index < -0.39 is 5.97 Å². The molecule has 0 bridgehead atoms. The van der Waals surface area contributed by atoms with E-state index in [1.54, 1.807) is 7.05 Å². The van der Waals surface area contributed by atoms with E-state index in [0.29, 0.717) is 5.82 Å². The smallest absolute Gasteiger partial charge is 0.355 e. The lowest BCUT2D eigenvalue weighted by molar-refractivity contribution is 0.0685. The molecule has 0 aliphatic rings. The van der Waals surface area contributed by atoms with Crippen molar-refractivity contribution in [3.8, 4) is 0 Å². The van der Waals surface area contributed by atoms with Gasteiger partial charge >= 0.3 is 5.97 Å². The number of anilines is 1. The van der Waals surface area contributed by atoms with Crippen LogP contribution in [-0.4, -0.2) is 27.9 Å². The minimum absolute atomic E-state index is 0.0129. The average Bonchev–Trinajstić information content (AvgIpc) is 2.25. The van der Waals surface area contributed by atoms with Gasteiger partial charge in [-0.15, -0.1) is 0 Å². The van der Waals surface area contributed by atoms with E-state index in [4.69, 9.17) is 16.7 Å². The fourth-order valence-corrected chi connectivity index (χ4v) is 1.23. The van der Waals surface area contributed by atoms with Gasteiger partial charge in [0.15, 0.2) is 11.5 Å². The number of carbonyl (C=O) groups is 1. The number of hydrogen-bond acceptors (Lipinski definition) is 3. The number of hydrogen-bond donors (Lipinski definition) is 2. The predicted molar refractivity (Wildman–Crippen MR) is 44.7 cm³/mol. The van der Waals surface area contributed by atoms with Crippen LogP contribution >= 0.6 is 11.6 Å². The van der Waals surface area contributed by atoms with Gasteiger partial charge in [0.1, 0.15) is 5.02 Å². The Balaban J connectivity index is 3.28. The zero-order valence-corrected chi connectivity index (χ0v) is 7.38. The van der Waals surface area contributed by atoms with E-state index in [0.717, 1.165) is 0 Å². The van der Waals surface area contributed by atoms with Gasteiger partial charge in [0.25, 0.3) is 0 Å². The molecule has 12 heavy (non-hydrogen) atoms. The summed E-state index contributed by atoms with van der Waals surface area (Å²) in [4.78, 5) is 10.6. The van der Waals surface area contributed by atoms with Crippen LogP contribution < -0.4 is 5.32 Å². The van der Waals surface area contributed by atoms with Gasteiger partial charge in [-0.3, -0.25) is 4.68 Å². The fraction of sp³-hybridized carbons (Fsp3) is 0.333. The first-order valence-corrected chi connectivity index (χ1v) is 3.59. The zero-order chi connectivity index (χ0) is 9.30. The largest absolute Gasteiger partial charge is 0.476 e. The number of rotatable bonds is 2. The number of aromatic carboxylic acids is 1. The van der Waals surface area contributed by atoms with Crippen molar-refractivity contribution < 1.29 is 9.90 Å². The maximum absolute atomic E-state index is 10.6. The molecule has 1 aromatic heterocycles. The van der Waals surface area contributed by atoms with Crippen molar-refractivity contribution in [2.75, 3.05) is 12.4 Å². The Hall–Kier alpha value is -1.23. The van der Waals surface area contributed by atoms with Crippen molar-refractivity contribution >= 4 is 23.4 Å². The molecule has 0 saturated heterocycles. The second-order valence-electron chi connectivity index (χ2n) is 2.19. The van der Waals surface area contributed by atoms with Crippen molar-refractivity contribution in [2.45, 2.75) is 0 Å². The maximum atomic E-state index is 10.6. The maximum Gasteiger partial charge on any atom is 0.355 e. The highest BCUT2D eigenvalue weighted by atomic mass is 35.5. The number of aromatic nitrogens is 2. The first-order chi connectivity index (χ1) is 5.57. The first-order valence-electron chi connectivity index (χ1n) is 3.21. The van der Waals surface area contributed by atoms with E-state index in [1.807, 2.05) is 0 Å². The summed E-state index contributed by atoms with van der Waals surface area (Å²) in [5, 5.41) is 15.3. The molecule has 0 aliphatic heterocycles. The van der Waals surface area contributed by atoms with Crippen LogP contribution in [0.2, 0.25) is 5.02 Å². The normalized spacial score (nSPS) is 9.92. The van der Waals surface area contributed by atoms with Crippen LogP contribution in [-0.2, 0) is 7.05 Å². The molecular formula is C6H8ClN3O2. The molecule has 0 aliphatic carbocycles. The Morgan fingerprint density at radius 1 is 1.75 bits per heavy atom. The molecule has 0 atom stereocenters. The van der Waals surface area contributed by atoms with Crippen molar-refractivity contribution in [2.24, 2.45) is 7.05 Å². The summed E-state index contributed by atoms with van der Waals surface area (Å²) in [5.41, 5.74) is -0.0129. The SMILES string of the molecule is CNc1nn(C)c(C(=O)O)c1Cl. The highest BCUT2D eigenvalue weighted by Gasteiger charge is 2.18. The van der Waals surface area contributed by atoms with Gasteiger partial charge in [0.2, 0.25) is 0 Å². The molecule has 0 aromatic carbocycles. The highest BCUT2D eigenvalue weighted by molar-refractivity contribution is 6.35. The van der Waals surface area contributed by atoms with E-state index in [2.05, 4.69) is 10.4 Å². The van der Waals surface area contributed by atoms with Gasteiger partial charge in [0.05, 0.1) is 0 Å². The van der Waals surface area contributed by atoms with Gasteiger partial charge in [0, 0.05) is 14.1 Å². The van der Waals surface area contributed by atoms with Crippen LogP contribution in [0.4, 0.5) is 5.82 Å². The Kier molecular flexibility index (Phi) is 2.23.